The van der Waals surface area contributed by atoms with Crippen molar-refractivity contribution in [1.82, 2.24) is 0 Å². The Morgan fingerprint density at radius 3 is 2.24 bits per heavy atom. The van der Waals surface area contributed by atoms with Gasteiger partial charge in [0.05, 0.1) is 31.7 Å². The number of hydrogen-bond donors (Lipinski definition) is 2. The predicted octanol–water partition coefficient (Wildman–Crippen LogP) is 2.81. The van der Waals surface area contributed by atoms with Crippen LogP contribution in [0.1, 0.15) is 16.8 Å². The Morgan fingerprint density at radius 2 is 1.64 bits per heavy atom. The van der Waals surface area contributed by atoms with Crippen LogP contribution in [0, 0.1) is 11.3 Å². The zero-order valence-corrected chi connectivity index (χ0v) is 13.8. The highest BCUT2D eigenvalue weighted by Crippen LogP contribution is 2.28. The maximum atomic E-state index is 12.5. The molecule has 0 spiro atoms. The van der Waals surface area contributed by atoms with Gasteiger partial charge in [-0.15, -0.1) is 0 Å². The molecule has 2 amide bonds. The number of nitrogens with zero attached hydrogens (tertiary/aromatic N) is 1. The molecule has 0 atom stereocenters. The van der Waals surface area contributed by atoms with Gasteiger partial charge in [-0.25, -0.2) is 0 Å². The van der Waals surface area contributed by atoms with Crippen LogP contribution in [0.2, 0.25) is 0 Å². The first-order valence-electron chi connectivity index (χ1n) is 7.38. The summed E-state index contributed by atoms with van der Waals surface area (Å²) < 4.78 is 10.3. The molecular weight excluding hydrogens is 322 g/mol. The minimum Gasteiger partial charge on any atom is -0.493 e. The smallest absolute Gasteiger partial charge is 0.255 e. The molecular formula is C18H17N3O4. The fourth-order valence-electron chi connectivity index (χ4n) is 2.14. The van der Waals surface area contributed by atoms with Crippen LogP contribution in [0.4, 0.5) is 11.4 Å². The SMILES string of the molecule is COc1ccc(C(=O)Nc2ccccc2NC(=O)CC#N)cc1OC. The van der Waals surface area contributed by atoms with Gasteiger partial charge in [0.15, 0.2) is 11.5 Å². The number of anilines is 2. The lowest BCUT2D eigenvalue weighted by Gasteiger charge is -2.13. The Labute approximate surface area is 145 Å². The monoisotopic (exact) mass is 339 g/mol. The summed E-state index contributed by atoms with van der Waals surface area (Å²) in [5, 5.41) is 13.9. The van der Waals surface area contributed by atoms with Gasteiger partial charge in [0, 0.05) is 5.56 Å². The van der Waals surface area contributed by atoms with Crippen LogP contribution in [-0.4, -0.2) is 26.0 Å². The molecule has 2 N–H and O–H groups in total. The van der Waals surface area contributed by atoms with Crippen LogP contribution in [0.3, 0.4) is 0 Å². The standard InChI is InChI=1S/C18H17N3O4/c1-24-15-8-7-12(11-16(15)25-2)18(23)21-14-6-4-3-5-13(14)20-17(22)9-10-19/h3-8,11H,9H2,1-2H3,(H,20,22)(H,21,23). The van der Waals surface area contributed by atoms with Crippen LogP contribution in [0.25, 0.3) is 0 Å². The summed E-state index contributed by atoms with van der Waals surface area (Å²) >= 11 is 0. The average molecular weight is 339 g/mol. The van der Waals surface area contributed by atoms with Gasteiger partial charge in [-0.2, -0.15) is 5.26 Å². The van der Waals surface area contributed by atoms with E-state index in [1.807, 2.05) is 0 Å². The van der Waals surface area contributed by atoms with Crippen LogP contribution in [-0.2, 0) is 4.79 Å². The lowest BCUT2D eigenvalue weighted by Crippen LogP contribution is -2.16. The van der Waals surface area contributed by atoms with Crippen molar-refractivity contribution in [2.75, 3.05) is 24.9 Å². The number of carbonyl (C=O) groups is 2. The summed E-state index contributed by atoms with van der Waals surface area (Å²) in [5.74, 6) is 0.132. The van der Waals surface area contributed by atoms with E-state index in [1.165, 1.54) is 14.2 Å². The van der Waals surface area contributed by atoms with Crippen molar-refractivity contribution in [3.05, 3.63) is 48.0 Å². The molecule has 7 nitrogen and oxygen atoms in total. The fraction of sp³-hybridized carbons (Fsp3) is 0.167. The first-order chi connectivity index (χ1) is 12.1. The second kappa shape index (κ2) is 8.36. The van der Waals surface area contributed by atoms with Crippen molar-refractivity contribution in [2.45, 2.75) is 6.42 Å². The summed E-state index contributed by atoms with van der Waals surface area (Å²) in [6, 6.07) is 13.3. The number of rotatable bonds is 6. The molecule has 0 radical (unpaired) electrons. The minimum absolute atomic E-state index is 0.266. The Hall–Kier alpha value is -3.53. The molecule has 0 bridgehead atoms. The Kier molecular flexibility index (Phi) is 5.96. The number of nitriles is 1. The molecule has 0 saturated carbocycles. The molecule has 0 heterocycles. The van der Waals surface area contributed by atoms with E-state index in [1.54, 1.807) is 48.5 Å². The van der Waals surface area contributed by atoms with E-state index in [0.717, 1.165) is 0 Å². The molecule has 2 aromatic carbocycles. The lowest BCUT2D eigenvalue weighted by atomic mass is 10.1. The van der Waals surface area contributed by atoms with Crippen LogP contribution < -0.4 is 20.1 Å². The lowest BCUT2D eigenvalue weighted by molar-refractivity contribution is -0.115. The van der Waals surface area contributed by atoms with Crippen molar-refractivity contribution in [2.24, 2.45) is 0 Å². The molecule has 0 aromatic heterocycles. The quantitative estimate of drug-likeness (QED) is 0.843. The molecule has 0 unspecified atom stereocenters. The van der Waals surface area contributed by atoms with Crippen LogP contribution >= 0.6 is 0 Å². The van der Waals surface area contributed by atoms with Gasteiger partial charge in [-0.05, 0) is 30.3 Å². The van der Waals surface area contributed by atoms with Crippen molar-refractivity contribution in [3.63, 3.8) is 0 Å². The molecule has 0 aliphatic heterocycles. The van der Waals surface area contributed by atoms with Crippen molar-refractivity contribution in [3.8, 4) is 17.6 Å². The minimum atomic E-state index is -0.449. The van der Waals surface area contributed by atoms with E-state index < -0.39 is 5.91 Å². The van der Waals surface area contributed by atoms with Gasteiger partial charge in [0.2, 0.25) is 5.91 Å². The Balaban J connectivity index is 2.21. The number of ether oxygens (including phenoxy) is 2. The average Bonchev–Trinajstić information content (AvgIpc) is 2.62. The van der Waals surface area contributed by atoms with Crippen molar-refractivity contribution < 1.29 is 19.1 Å². The van der Waals surface area contributed by atoms with Gasteiger partial charge in [-0.1, -0.05) is 12.1 Å². The number of hydrogen-bond acceptors (Lipinski definition) is 5. The summed E-state index contributed by atoms with van der Waals surface area (Å²) in [6.45, 7) is 0. The second-order valence-electron chi connectivity index (χ2n) is 4.95. The highest BCUT2D eigenvalue weighted by molar-refractivity contribution is 6.07. The normalized spacial score (nSPS) is 9.64. The molecule has 2 rings (SSSR count). The van der Waals surface area contributed by atoms with E-state index in [0.29, 0.717) is 28.4 Å². The van der Waals surface area contributed by atoms with E-state index in [2.05, 4.69) is 10.6 Å². The number of para-hydroxylation sites is 2. The maximum absolute atomic E-state index is 12.5. The first kappa shape index (κ1) is 17.8. The fourth-order valence-corrected chi connectivity index (χ4v) is 2.14. The largest absolute Gasteiger partial charge is 0.493 e. The zero-order chi connectivity index (χ0) is 18.2. The highest BCUT2D eigenvalue weighted by Gasteiger charge is 2.13. The highest BCUT2D eigenvalue weighted by atomic mass is 16.5. The summed E-state index contributed by atoms with van der Waals surface area (Å²) in [7, 11) is 3.00. The Morgan fingerprint density at radius 1 is 1.00 bits per heavy atom. The summed E-state index contributed by atoms with van der Waals surface area (Å²) in [5.41, 5.74) is 1.21. The molecule has 25 heavy (non-hydrogen) atoms. The van der Waals surface area contributed by atoms with Crippen molar-refractivity contribution >= 4 is 23.2 Å². The number of carbonyl (C=O) groups excluding carboxylic acids is 2. The second-order valence-corrected chi connectivity index (χ2v) is 4.95. The number of amides is 2. The molecule has 0 aliphatic rings. The molecule has 0 saturated heterocycles. The van der Waals surface area contributed by atoms with Crippen molar-refractivity contribution in [1.29, 1.82) is 5.26 Å². The van der Waals surface area contributed by atoms with E-state index in [-0.39, 0.29) is 12.3 Å². The third-order valence-electron chi connectivity index (χ3n) is 3.33. The van der Waals surface area contributed by atoms with Gasteiger partial charge in [0.1, 0.15) is 6.42 Å². The number of nitrogens with one attached hydrogen (secondary N) is 2. The third-order valence-corrected chi connectivity index (χ3v) is 3.33. The topological polar surface area (TPSA) is 100 Å². The third kappa shape index (κ3) is 4.48. The zero-order valence-electron chi connectivity index (χ0n) is 13.8. The van der Waals surface area contributed by atoms with Gasteiger partial charge in [-0.3, -0.25) is 9.59 Å². The van der Waals surface area contributed by atoms with Gasteiger partial charge < -0.3 is 20.1 Å². The maximum Gasteiger partial charge on any atom is 0.255 e. The van der Waals surface area contributed by atoms with Gasteiger partial charge >= 0.3 is 0 Å². The molecule has 0 aliphatic carbocycles. The first-order valence-corrected chi connectivity index (χ1v) is 7.38. The van der Waals surface area contributed by atoms with Crippen LogP contribution in [0.5, 0.6) is 11.5 Å². The van der Waals surface area contributed by atoms with Crippen LogP contribution in [0.15, 0.2) is 42.5 Å². The van der Waals surface area contributed by atoms with E-state index >= 15 is 0 Å². The molecule has 0 fully saturated rings. The molecule has 2 aromatic rings. The number of methoxy groups -OCH3 is 2. The van der Waals surface area contributed by atoms with Gasteiger partial charge in [0.25, 0.3) is 5.91 Å². The summed E-state index contributed by atoms with van der Waals surface area (Å²) in [4.78, 5) is 24.1. The molecule has 7 heteroatoms. The molecule has 128 valence electrons. The number of benzene rings is 2. The summed E-state index contributed by atoms with van der Waals surface area (Å²) in [6.07, 6.45) is -0.266. The van der Waals surface area contributed by atoms with E-state index in [4.69, 9.17) is 14.7 Å². The van der Waals surface area contributed by atoms with E-state index in [9.17, 15) is 9.59 Å². The predicted molar refractivity (Wildman–Crippen MR) is 92.8 cm³/mol. The Bertz CT molecular complexity index is 827.